The molecule has 86 valence electrons. The van der Waals surface area contributed by atoms with Crippen LogP contribution in [-0.2, 0) is 22.7 Å². The molecule has 0 radical (unpaired) electrons. The first kappa shape index (κ1) is 12.2. The molecular weight excluding hydrogens is 196 g/mol. The van der Waals surface area contributed by atoms with Crippen molar-refractivity contribution in [3.63, 3.8) is 0 Å². The van der Waals surface area contributed by atoms with Crippen molar-refractivity contribution in [2.24, 2.45) is 0 Å². The van der Waals surface area contributed by atoms with Gasteiger partial charge in [0.05, 0.1) is 12.7 Å². The van der Waals surface area contributed by atoms with E-state index in [-0.39, 0.29) is 6.10 Å². The summed E-state index contributed by atoms with van der Waals surface area (Å²) in [4.78, 5) is 0. The SMILES string of the molecule is CNCC(C)OCc1cc(COC)on1. The van der Waals surface area contributed by atoms with Gasteiger partial charge < -0.3 is 19.3 Å². The minimum absolute atomic E-state index is 0.164. The van der Waals surface area contributed by atoms with Gasteiger partial charge in [-0.25, -0.2) is 0 Å². The standard InChI is InChI=1S/C10H18N2O3/c1-8(5-11-2)14-6-9-4-10(7-13-3)15-12-9/h4,8,11H,5-7H2,1-3H3. The van der Waals surface area contributed by atoms with E-state index in [0.29, 0.717) is 13.2 Å². The zero-order valence-electron chi connectivity index (χ0n) is 9.45. The highest BCUT2D eigenvalue weighted by Gasteiger charge is 2.06. The molecule has 0 fully saturated rings. The fraction of sp³-hybridized carbons (Fsp3) is 0.700. The molecule has 0 saturated heterocycles. The second-order valence-electron chi connectivity index (χ2n) is 3.40. The summed E-state index contributed by atoms with van der Waals surface area (Å²) in [5.41, 5.74) is 0.796. The van der Waals surface area contributed by atoms with Crippen LogP contribution in [-0.4, -0.2) is 32.0 Å². The molecular formula is C10H18N2O3. The largest absolute Gasteiger partial charge is 0.377 e. The second kappa shape index (κ2) is 6.55. The van der Waals surface area contributed by atoms with E-state index in [0.717, 1.165) is 18.0 Å². The van der Waals surface area contributed by atoms with Crippen LogP contribution in [0.3, 0.4) is 0 Å². The Balaban J connectivity index is 2.30. The summed E-state index contributed by atoms with van der Waals surface area (Å²) in [6.45, 7) is 3.74. The second-order valence-corrected chi connectivity index (χ2v) is 3.40. The third kappa shape index (κ3) is 4.42. The first-order valence-electron chi connectivity index (χ1n) is 4.96. The van der Waals surface area contributed by atoms with Gasteiger partial charge in [-0.2, -0.15) is 0 Å². The summed E-state index contributed by atoms with van der Waals surface area (Å²) in [5.74, 6) is 0.720. The summed E-state index contributed by atoms with van der Waals surface area (Å²) >= 11 is 0. The number of nitrogens with zero attached hydrogens (tertiary/aromatic N) is 1. The molecule has 1 unspecified atom stereocenters. The van der Waals surface area contributed by atoms with Crippen LogP contribution >= 0.6 is 0 Å². The Bertz CT molecular complexity index is 275. The maximum Gasteiger partial charge on any atom is 0.162 e. The average molecular weight is 214 g/mol. The summed E-state index contributed by atoms with van der Waals surface area (Å²) < 4.78 is 15.5. The lowest BCUT2D eigenvalue weighted by Crippen LogP contribution is -2.23. The van der Waals surface area contributed by atoms with Crippen LogP contribution in [0.5, 0.6) is 0 Å². The maximum atomic E-state index is 5.53. The highest BCUT2D eigenvalue weighted by molar-refractivity contribution is 5.03. The predicted octanol–water partition coefficient (Wildman–Crippen LogP) is 0.945. The van der Waals surface area contributed by atoms with E-state index in [4.69, 9.17) is 14.0 Å². The quantitative estimate of drug-likeness (QED) is 0.732. The number of likely N-dealkylation sites (N-methyl/N-ethyl adjacent to an activating group) is 1. The number of aromatic nitrogens is 1. The Hall–Kier alpha value is -0.910. The molecule has 1 heterocycles. The Morgan fingerprint density at radius 1 is 1.53 bits per heavy atom. The van der Waals surface area contributed by atoms with E-state index < -0.39 is 0 Å². The molecule has 0 aromatic carbocycles. The van der Waals surface area contributed by atoms with Crippen molar-refractivity contribution in [3.05, 3.63) is 17.5 Å². The van der Waals surface area contributed by atoms with Crippen LogP contribution in [0.25, 0.3) is 0 Å². The van der Waals surface area contributed by atoms with Crippen molar-refractivity contribution < 1.29 is 14.0 Å². The lowest BCUT2D eigenvalue weighted by molar-refractivity contribution is 0.0509. The average Bonchev–Trinajstić information content (AvgIpc) is 2.64. The van der Waals surface area contributed by atoms with Gasteiger partial charge in [-0.3, -0.25) is 0 Å². The minimum Gasteiger partial charge on any atom is -0.377 e. The van der Waals surface area contributed by atoms with Gasteiger partial charge in [-0.1, -0.05) is 5.16 Å². The number of hydrogen-bond donors (Lipinski definition) is 1. The number of hydrogen-bond acceptors (Lipinski definition) is 5. The van der Waals surface area contributed by atoms with E-state index in [1.54, 1.807) is 7.11 Å². The Kier molecular flexibility index (Phi) is 5.31. The molecule has 0 bridgehead atoms. The van der Waals surface area contributed by atoms with E-state index in [9.17, 15) is 0 Å². The molecule has 0 aliphatic carbocycles. The van der Waals surface area contributed by atoms with Gasteiger partial charge in [-0.15, -0.1) is 0 Å². The molecule has 1 N–H and O–H groups in total. The summed E-state index contributed by atoms with van der Waals surface area (Å²) in [5, 5.41) is 6.91. The molecule has 1 aromatic heterocycles. The molecule has 0 aliphatic rings. The van der Waals surface area contributed by atoms with Gasteiger partial charge in [0.1, 0.15) is 12.3 Å². The van der Waals surface area contributed by atoms with E-state index in [1.807, 2.05) is 20.0 Å². The zero-order chi connectivity index (χ0) is 11.1. The highest BCUT2D eigenvalue weighted by Crippen LogP contribution is 2.06. The third-order valence-corrected chi connectivity index (χ3v) is 1.90. The van der Waals surface area contributed by atoms with E-state index in [1.165, 1.54) is 0 Å². The Morgan fingerprint density at radius 3 is 3.00 bits per heavy atom. The third-order valence-electron chi connectivity index (χ3n) is 1.90. The van der Waals surface area contributed by atoms with Crippen molar-refractivity contribution >= 4 is 0 Å². The monoisotopic (exact) mass is 214 g/mol. The molecule has 1 atom stereocenters. The molecule has 1 rings (SSSR count). The van der Waals surface area contributed by atoms with Gasteiger partial charge in [0.2, 0.25) is 0 Å². The topological polar surface area (TPSA) is 56.5 Å². The van der Waals surface area contributed by atoms with Gasteiger partial charge in [0.25, 0.3) is 0 Å². The minimum atomic E-state index is 0.164. The molecule has 1 aromatic rings. The molecule has 0 amide bonds. The fourth-order valence-corrected chi connectivity index (χ4v) is 1.21. The van der Waals surface area contributed by atoms with Crippen molar-refractivity contribution in [3.8, 4) is 0 Å². The van der Waals surface area contributed by atoms with Gasteiger partial charge >= 0.3 is 0 Å². The van der Waals surface area contributed by atoms with Crippen molar-refractivity contribution in [1.29, 1.82) is 0 Å². The van der Waals surface area contributed by atoms with Crippen molar-refractivity contribution in [1.82, 2.24) is 10.5 Å². The van der Waals surface area contributed by atoms with Gasteiger partial charge in [0.15, 0.2) is 5.76 Å². The summed E-state index contributed by atoms with van der Waals surface area (Å²) in [6.07, 6.45) is 0.164. The van der Waals surface area contributed by atoms with Crippen LogP contribution in [0.2, 0.25) is 0 Å². The highest BCUT2D eigenvalue weighted by atomic mass is 16.5. The smallest absolute Gasteiger partial charge is 0.162 e. The van der Waals surface area contributed by atoms with E-state index >= 15 is 0 Å². The lowest BCUT2D eigenvalue weighted by Gasteiger charge is -2.10. The van der Waals surface area contributed by atoms with Gasteiger partial charge in [0, 0.05) is 19.7 Å². The van der Waals surface area contributed by atoms with Crippen molar-refractivity contribution in [2.75, 3.05) is 20.7 Å². The number of nitrogens with one attached hydrogen (secondary N) is 1. The lowest BCUT2D eigenvalue weighted by atomic mass is 10.3. The molecule has 15 heavy (non-hydrogen) atoms. The first-order chi connectivity index (χ1) is 7.26. The zero-order valence-corrected chi connectivity index (χ0v) is 9.45. The van der Waals surface area contributed by atoms with Crippen molar-refractivity contribution in [2.45, 2.75) is 26.2 Å². The van der Waals surface area contributed by atoms with Crippen LogP contribution in [0, 0.1) is 0 Å². The van der Waals surface area contributed by atoms with Gasteiger partial charge in [-0.05, 0) is 14.0 Å². The number of rotatable bonds is 7. The fourth-order valence-electron chi connectivity index (χ4n) is 1.21. The van der Waals surface area contributed by atoms with Crippen LogP contribution in [0.15, 0.2) is 10.6 Å². The maximum absolute atomic E-state index is 5.53. The number of ether oxygens (including phenoxy) is 2. The summed E-state index contributed by atoms with van der Waals surface area (Å²) in [6, 6.07) is 1.84. The molecule has 0 spiro atoms. The first-order valence-corrected chi connectivity index (χ1v) is 4.96. The van der Waals surface area contributed by atoms with E-state index in [2.05, 4.69) is 10.5 Å². The predicted molar refractivity (Wildman–Crippen MR) is 55.4 cm³/mol. The Labute approximate surface area is 89.7 Å². The van der Waals surface area contributed by atoms with Crippen LogP contribution < -0.4 is 5.32 Å². The molecule has 0 aliphatic heterocycles. The molecule has 5 heteroatoms. The number of methoxy groups -OCH3 is 1. The summed E-state index contributed by atoms with van der Waals surface area (Å²) in [7, 11) is 3.51. The van der Waals surface area contributed by atoms with Crippen LogP contribution in [0.1, 0.15) is 18.4 Å². The normalized spacial score (nSPS) is 13.0. The van der Waals surface area contributed by atoms with Crippen LogP contribution in [0.4, 0.5) is 0 Å². The molecule has 0 saturated carbocycles. The molecule has 5 nitrogen and oxygen atoms in total. The Morgan fingerprint density at radius 2 is 2.33 bits per heavy atom.